The van der Waals surface area contributed by atoms with Crippen LogP contribution in [0.4, 0.5) is 5.82 Å². The first-order valence-electron chi connectivity index (χ1n) is 7.26. The quantitative estimate of drug-likeness (QED) is 0.457. The predicted octanol–water partition coefficient (Wildman–Crippen LogP) is 1.14. The molecule has 0 spiro atoms. The molecule has 1 aromatic heterocycles. The SMILES string of the molecule is CCOC(=O)c1cnc(SC)nc1N1CC(=O)N(C2CC2)C1. The minimum Gasteiger partial charge on any atom is -0.462 e. The number of ether oxygens (including phenoxy) is 1. The molecule has 0 atom stereocenters. The molecule has 0 N–H and O–H groups in total. The van der Waals surface area contributed by atoms with Gasteiger partial charge in [0.25, 0.3) is 0 Å². The Balaban J connectivity index is 1.90. The van der Waals surface area contributed by atoms with Crippen LogP contribution in [0.3, 0.4) is 0 Å². The minimum absolute atomic E-state index is 0.0848. The second-order valence-corrected chi connectivity index (χ2v) is 6.02. The summed E-state index contributed by atoms with van der Waals surface area (Å²) in [5.74, 6) is 0.110. The van der Waals surface area contributed by atoms with Crippen molar-refractivity contribution in [3.63, 3.8) is 0 Å². The lowest BCUT2D eigenvalue weighted by molar-refractivity contribution is -0.127. The summed E-state index contributed by atoms with van der Waals surface area (Å²) >= 11 is 1.40. The third-order valence-electron chi connectivity index (χ3n) is 3.68. The number of amides is 1. The van der Waals surface area contributed by atoms with E-state index in [1.165, 1.54) is 18.0 Å². The number of thioether (sulfide) groups is 1. The van der Waals surface area contributed by atoms with Crippen LogP contribution in [0, 0.1) is 0 Å². The van der Waals surface area contributed by atoms with Gasteiger partial charge < -0.3 is 14.5 Å². The van der Waals surface area contributed by atoms with Crippen molar-refractivity contribution < 1.29 is 14.3 Å². The molecular formula is C14H18N4O3S. The average Bonchev–Trinajstić information content (AvgIpc) is 3.29. The van der Waals surface area contributed by atoms with E-state index >= 15 is 0 Å². The van der Waals surface area contributed by atoms with Crippen molar-refractivity contribution in [2.75, 3.05) is 31.0 Å². The second-order valence-electron chi connectivity index (χ2n) is 5.25. The third kappa shape index (κ3) is 2.87. The fourth-order valence-corrected chi connectivity index (χ4v) is 2.80. The molecule has 0 radical (unpaired) electrons. The molecule has 2 fully saturated rings. The Hall–Kier alpha value is -1.83. The van der Waals surface area contributed by atoms with E-state index in [0.29, 0.717) is 29.2 Å². The van der Waals surface area contributed by atoms with Crippen molar-refractivity contribution in [3.8, 4) is 0 Å². The number of aromatic nitrogens is 2. The zero-order valence-corrected chi connectivity index (χ0v) is 13.4. The summed E-state index contributed by atoms with van der Waals surface area (Å²) in [6.07, 6.45) is 5.47. The Kier molecular flexibility index (Phi) is 4.19. The Bertz CT molecular complexity index is 606. The van der Waals surface area contributed by atoms with Gasteiger partial charge >= 0.3 is 5.97 Å². The first-order chi connectivity index (χ1) is 10.6. The summed E-state index contributed by atoms with van der Waals surface area (Å²) in [5, 5.41) is 0.570. The van der Waals surface area contributed by atoms with Crippen LogP contribution in [0.25, 0.3) is 0 Å². The van der Waals surface area contributed by atoms with Gasteiger partial charge in [-0.1, -0.05) is 11.8 Å². The van der Waals surface area contributed by atoms with Crippen LogP contribution >= 0.6 is 11.8 Å². The summed E-state index contributed by atoms with van der Waals surface area (Å²) in [5.41, 5.74) is 0.310. The average molecular weight is 322 g/mol. The Morgan fingerprint density at radius 2 is 2.27 bits per heavy atom. The zero-order valence-electron chi connectivity index (χ0n) is 12.6. The van der Waals surface area contributed by atoms with Gasteiger partial charge in [0.15, 0.2) is 5.16 Å². The van der Waals surface area contributed by atoms with Crippen LogP contribution in [-0.4, -0.2) is 58.9 Å². The topological polar surface area (TPSA) is 75.6 Å². The summed E-state index contributed by atoms with van der Waals surface area (Å²) in [7, 11) is 0. The number of hydrogen-bond donors (Lipinski definition) is 0. The highest BCUT2D eigenvalue weighted by molar-refractivity contribution is 7.98. The lowest BCUT2D eigenvalue weighted by Gasteiger charge is -2.20. The van der Waals surface area contributed by atoms with E-state index in [4.69, 9.17) is 4.74 Å². The molecule has 2 aliphatic rings. The van der Waals surface area contributed by atoms with Crippen molar-refractivity contribution in [1.29, 1.82) is 0 Å². The number of hydrogen-bond acceptors (Lipinski definition) is 7. The minimum atomic E-state index is -0.456. The Labute approximate surface area is 133 Å². The lowest BCUT2D eigenvalue weighted by Crippen LogP contribution is -2.30. The molecule has 1 aliphatic heterocycles. The van der Waals surface area contributed by atoms with Gasteiger partial charge in [0.05, 0.1) is 13.3 Å². The molecular weight excluding hydrogens is 304 g/mol. The Morgan fingerprint density at radius 3 is 2.91 bits per heavy atom. The maximum absolute atomic E-state index is 12.1. The molecule has 7 nitrogen and oxygen atoms in total. The molecule has 2 heterocycles. The van der Waals surface area contributed by atoms with E-state index in [-0.39, 0.29) is 19.1 Å². The van der Waals surface area contributed by atoms with Gasteiger partial charge in [0.2, 0.25) is 5.91 Å². The van der Waals surface area contributed by atoms with Crippen molar-refractivity contribution in [2.45, 2.75) is 31.0 Å². The van der Waals surface area contributed by atoms with Gasteiger partial charge in [-0.3, -0.25) is 4.79 Å². The first-order valence-corrected chi connectivity index (χ1v) is 8.49. The third-order valence-corrected chi connectivity index (χ3v) is 4.24. The van der Waals surface area contributed by atoms with Gasteiger partial charge in [-0.05, 0) is 26.0 Å². The van der Waals surface area contributed by atoms with Crippen LogP contribution in [0.2, 0.25) is 0 Å². The molecule has 1 saturated carbocycles. The molecule has 1 aliphatic carbocycles. The molecule has 0 aromatic carbocycles. The number of carbonyl (C=O) groups is 2. The van der Waals surface area contributed by atoms with E-state index in [9.17, 15) is 9.59 Å². The number of rotatable bonds is 5. The van der Waals surface area contributed by atoms with Crippen molar-refractivity contribution >= 4 is 29.5 Å². The molecule has 1 aromatic rings. The van der Waals surface area contributed by atoms with Crippen LogP contribution < -0.4 is 4.90 Å². The summed E-state index contributed by atoms with van der Waals surface area (Å²) < 4.78 is 5.06. The monoisotopic (exact) mass is 322 g/mol. The molecule has 22 heavy (non-hydrogen) atoms. The molecule has 3 rings (SSSR count). The highest BCUT2D eigenvalue weighted by Crippen LogP contribution is 2.32. The maximum atomic E-state index is 12.1. The summed E-state index contributed by atoms with van der Waals surface area (Å²) in [6.45, 7) is 2.76. The summed E-state index contributed by atoms with van der Waals surface area (Å²) in [4.78, 5) is 36.5. The number of esters is 1. The van der Waals surface area contributed by atoms with Gasteiger partial charge in [0, 0.05) is 12.2 Å². The van der Waals surface area contributed by atoms with Crippen LogP contribution in [0.1, 0.15) is 30.1 Å². The Morgan fingerprint density at radius 1 is 1.50 bits per heavy atom. The van der Waals surface area contributed by atoms with Crippen LogP contribution in [0.5, 0.6) is 0 Å². The predicted molar refractivity (Wildman–Crippen MR) is 81.9 cm³/mol. The number of carbonyl (C=O) groups excluding carboxylic acids is 2. The molecule has 118 valence electrons. The number of nitrogens with zero attached hydrogens (tertiary/aromatic N) is 4. The fraction of sp³-hybridized carbons (Fsp3) is 0.571. The highest BCUT2D eigenvalue weighted by atomic mass is 32.2. The second kappa shape index (κ2) is 6.12. The van der Waals surface area contributed by atoms with Crippen LogP contribution in [0.15, 0.2) is 11.4 Å². The van der Waals surface area contributed by atoms with Gasteiger partial charge in [-0.2, -0.15) is 0 Å². The van der Waals surface area contributed by atoms with Gasteiger partial charge in [0.1, 0.15) is 17.9 Å². The lowest BCUT2D eigenvalue weighted by atomic mass is 10.3. The molecule has 8 heteroatoms. The van der Waals surface area contributed by atoms with Crippen molar-refractivity contribution in [1.82, 2.24) is 14.9 Å². The van der Waals surface area contributed by atoms with E-state index in [0.717, 1.165) is 12.8 Å². The smallest absolute Gasteiger partial charge is 0.343 e. The fourth-order valence-electron chi connectivity index (χ4n) is 2.46. The standard InChI is InChI=1S/C14H18N4O3S/c1-3-21-13(20)10-6-15-14(22-2)16-12(10)17-7-11(19)18(8-17)9-4-5-9/h6,9H,3-5,7-8H2,1-2H3. The van der Waals surface area contributed by atoms with Gasteiger partial charge in [-0.25, -0.2) is 14.8 Å². The van der Waals surface area contributed by atoms with E-state index in [1.54, 1.807) is 6.92 Å². The highest BCUT2D eigenvalue weighted by Gasteiger charge is 2.39. The summed E-state index contributed by atoms with van der Waals surface area (Å²) in [6, 6.07) is 0.352. The maximum Gasteiger partial charge on any atom is 0.343 e. The normalized spacial score (nSPS) is 18.0. The van der Waals surface area contributed by atoms with Crippen LogP contribution in [-0.2, 0) is 9.53 Å². The molecule has 0 unspecified atom stereocenters. The largest absolute Gasteiger partial charge is 0.462 e. The van der Waals surface area contributed by atoms with Crippen molar-refractivity contribution in [2.24, 2.45) is 0 Å². The molecule has 1 amide bonds. The molecule has 0 bridgehead atoms. The van der Waals surface area contributed by atoms with E-state index < -0.39 is 5.97 Å². The van der Waals surface area contributed by atoms with Crippen molar-refractivity contribution in [3.05, 3.63) is 11.8 Å². The van der Waals surface area contributed by atoms with Gasteiger partial charge in [-0.15, -0.1) is 0 Å². The zero-order chi connectivity index (χ0) is 15.7. The first kappa shape index (κ1) is 15.1. The van der Waals surface area contributed by atoms with E-state index in [1.807, 2.05) is 16.1 Å². The van der Waals surface area contributed by atoms with E-state index in [2.05, 4.69) is 9.97 Å². The molecule has 1 saturated heterocycles. The number of anilines is 1.